The molecule has 9 heteroatoms. The minimum Gasteiger partial charge on any atom is -0.369 e. The van der Waals surface area contributed by atoms with Gasteiger partial charge in [0, 0.05) is 23.8 Å². The van der Waals surface area contributed by atoms with Gasteiger partial charge in [0.15, 0.2) is 0 Å². The molecule has 0 fully saturated rings. The van der Waals surface area contributed by atoms with Crippen molar-refractivity contribution in [1.29, 1.82) is 0 Å². The molecule has 0 atom stereocenters. The van der Waals surface area contributed by atoms with Crippen LogP contribution in [0.2, 0.25) is 0 Å². The lowest BCUT2D eigenvalue weighted by Gasteiger charge is -2.08. The first-order chi connectivity index (χ1) is 12.9. The molecular weight excluding hydrogens is 366 g/mol. The summed E-state index contributed by atoms with van der Waals surface area (Å²) in [6.45, 7) is 0.728. The second kappa shape index (κ2) is 7.87. The first-order valence-corrected chi connectivity index (χ1v) is 9.94. The molecule has 0 radical (unpaired) electrons. The van der Waals surface area contributed by atoms with Gasteiger partial charge in [-0.1, -0.05) is 12.1 Å². The predicted molar refractivity (Wildman–Crippen MR) is 103 cm³/mol. The quantitative estimate of drug-likeness (QED) is 0.424. The molecule has 0 saturated heterocycles. The maximum absolute atomic E-state index is 12.3. The molecule has 0 aliphatic rings. The minimum absolute atomic E-state index is 0.0987. The van der Waals surface area contributed by atoms with Gasteiger partial charge >= 0.3 is 0 Å². The fourth-order valence-electron chi connectivity index (χ4n) is 2.82. The smallest absolute Gasteiger partial charge is 0.240 e. The van der Waals surface area contributed by atoms with Crippen molar-refractivity contribution in [2.45, 2.75) is 17.7 Å². The van der Waals surface area contributed by atoms with Gasteiger partial charge in [0.2, 0.25) is 15.9 Å². The van der Waals surface area contributed by atoms with Crippen molar-refractivity contribution in [3.63, 3.8) is 0 Å². The highest BCUT2D eigenvalue weighted by molar-refractivity contribution is 7.89. The number of primary amides is 1. The van der Waals surface area contributed by atoms with Crippen molar-refractivity contribution >= 4 is 27.0 Å². The van der Waals surface area contributed by atoms with Crippen molar-refractivity contribution in [1.82, 2.24) is 14.7 Å². The largest absolute Gasteiger partial charge is 0.369 e. The molecule has 0 spiro atoms. The Kier molecular flexibility index (Phi) is 5.54. The van der Waals surface area contributed by atoms with Gasteiger partial charge in [-0.15, -0.1) is 0 Å². The Hall–Kier alpha value is -2.75. The second-order valence-electron chi connectivity index (χ2n) is 6.12. The first kappa shape index (κ1) is 19.0. The molecule has 0 bridgehead atoms. The molecule has 1 amide bonds. The second-order valence-corrected chi connectivity index (χ2v) is 7.89. The lowest BCUT2D eigenvalue weighted by molar-refractivity contribution is -0.117. The third-order valence-electron chi connectivity index (χ3n) is 4.10. The number of aromatic amines is 1. The zero-order valence-electron chi connectivity index (χ0n) is 14.6. The van der Waals surface area contributed by atoms with E-state index in [9.17, 15) is 13.2 Å². The van der Waals surface area contributed by atoms with Crippen molar-refractivity contribution in [3.05, 3.63) is 48.3 Å². The number of fused-ring (bicyclic) bond motifs is 1. The number of nitrogens with one attached hydrogen (secondary N) is 2. The van der Waals surface area contributed by atoms with E-state index in [4.69, 9.17) is 11.5 Å². The van der Waals surface area contributed by atoms with Crippen LogP contribution in [0.5, 0.6) is 0 Å². The standard InChI is InChI=1S/C18H21N5O3S/c19-7-1-8-22-27(25,26)14-4-2-12(3-5-14)15-6-9-21-18-16(15)10-13(23-18)11-17(20)24/h2-6,9-10,22H,1,7-8,11,19H2,(H2,20,24)(H,21,23). The van der Waals surface area contributed by atoms with E-state index in [1.54, 1.807) is 30.5 Å². The number of nitrogens with two attached hydrogens (primary N) is 2. The van der Waals surface area contributed by atoms with E-state index in [1.165, 1.54) is 0 Å². The maximum Gasteiger partial charge on any atom is 0.240 e. The summed E-state index contributed by atoms with van der Waals surface area (Å²) >= 11 is 0. The Bertz CT molecular complexity index is 1060. The number of H-pyrrole nitrogens is 1. The molecule has 1 aromatic carbocycles. The van der Waals surface area contributed by atoms with Crippen LogP contribution < -0.4 is 16.2 Å². The lowest BCUT2D eigenvalue weighted by atomic mass is 10.0. The number of hydrogen-bond donors (Lipinski definition) is 4. The Labute approximate surface area is 157 Å². The number of carbonyl (C=O) groups is 1. The van der Waals surface area contributed by atoms with Gasteiger partial charge in [0.1, 0.15) is 5.65 Å². The highest BCUT2D eigenvalue weighted by Crippen LogP contribution is 2.29. The van der Waals surface area contributed by atoms with Gasteiger partial charge in [-0.05, 0) is 48.4 Å². The van der Waals surface area contributed by atoms with Crippen LogP contribution in [0.1, 0.15) is 12.1 Å². The fraction of sp³-hybridized carbons (Fsp3) is 0.222. The summed E-state index contributed by atoms with van der Waals surface area (Å²) < 4.78 is 27.0. The number of benzene rings is 1. The molecule has 2 heterocycles. The van der Waals surface area contributed by atoms with Gasteiger partial charge in [-0.2, -0.15) is 0 Å². The van der Waals surface area contributed by atoms with Crippen LogP contribution in [0.4, 0.5) is 0 Å². The number of carbonyl (C=O) groups excluding carboxylic acids is 1. The number of rotatable bonds is 8. The number of aromatic nitrogens is 2. The fourth-order valence-corrected chi connectivity index (χ4v) is 3.90. The van der Waals surface area contributed by atoms with Gasteiger partial charge in [-0.3, -0.25) is 4.79 Å². The average Bonchev–Trinajstić information content (AvgIpc) is 3.03. The average molecular weight is 387 g/mol. The zero-order chi connectivity index (χ0) is 19.4. The number of amides is 1. The third kappa shape index (κ3) is 4.33. The summed E-state index contributed by atoms with van der Waals surface area (Å²) in [7, 11) is -3.56. The SMILES string of the molecule is NCCCNS(=O)(=O)c1ccc(-c2ccnc3[nH]c(CC(N)=O)cc23)cc1. The molecule has 3 aromatic rings. The number of nitrogens with zero attached hydrogens (tertiary/aromatic N) is 1. The molecule has 142 valence electrons. The van der Waals surface area contributed by atoms with E-state index in [0.717, 1.165) is 16.5 Å². The molecule has 0 unspecified atom stereocenters. The summed E-state index contributed by atoms with van der Waals surface area (Å²) in [5.74, 6) is -0.431. The minimum atomic E-state index is -3.56. The summed E-state index contributed by atoms with van der Waals surface area (Å²) in [6, 6.07) is 10.3. The van der Waals surface area contributed by atoms with Crippen LogP contribution in [-0.4, -0.2) is 37.4 Å². The normalized spacial score (nSPS) is 11.7. The molecule has 0 saturated carbocycles. The zero-order valence-corrected chi connectivity index (χ0v) is 15.4. The van der Waals surface area contributed by atoms with Gasteiger partial charge in [0.25, 0.3) is 0 Å². The van der Waals surface area contributed by atoms with E-state index in [2.05, 4.69) is 14.7 Å². The van der Waals surface area contributed by atoms with E-state index in [0.29, 0.717) is 30.9 Å². The van der Waals surface area contributed by atoms with E-state index in [-0.39, 0.29) is 11.3 Å². The third-order valence-corrected chi connectivity index (χ3v) is 5.58. The van der Waals surface area contributed by atoms with E-state index < -0.39 is 15.9 Å². The van der Waals surface area contributed by atoms with Crippen LogP contribution in [0.25, 0.3) is 22.2 Å². The van der Waals surface area contributed by atoms with Crippen molar-refractivity contribution < 1.29 is 13.2 Å². The van der Waals surface area contributed by atoms with Gasteiger partial charge in [0.05, 0.1) is 11.3 Å². The van der Waals surface area contributed by atoms with Crippen LogP contribution in [-0.2, 0) is 21.2 Å². The Morgan fingerprint density at radius 3 is 2.59 bits per heavy atom. The summed E-state index contributed by atoms with van der Waals surface area (Å²) in [5, 5.41) is 0.838. The Balaban J connectivity index is 1.91. The molecule has 2 aromatic heterocycles. The number of sulfonamides is 1. The van der Waals surface area contributed by atoms with Crippen LogP contribution >= 0.6 is 0 Å². The summed E-state index contributed by atoms with van der Waals surface area (Å²) in [4.78, 5) is 18.7. The highest BCUT2D eigenvalue weighted by Gasteiger charge is 2.14. The molecule has 27 heavy (non-hydrogen) atoms. The predicted octanol–water partition coefficient (Wildman–Crippen LogP) is 0.885. The molecule has 8 nitrogen and oxygen atoms in total. The van der Waals surface area contributed by atoms with E-state index in [1.807, 2.05) is 12.1 Å². The first-order valence-electron chi connectivity index (χ1n) is 8.46. The van der Waals surface area contributed by atoms with Gasteiger partial charge in [-0.25, -0.2) is 18.1 Å². The Morgan fingerprint density at radius 1 is 1.19 bits per heavy atom. The van der Waals surface area contributed by atoms with Crippen LogP contribution in [0, 0.1) is 0 Å². The van der Waals surface area contributed by atoms with Crippen molar-refractivity contribution in [2.75, 3.05) is 13.1 Å². The van der Waals surface area contributed by atoms with Crippen molar-refractivity contribution in [3.8, 4) is 11.1 Å². The topological polar surface area (TPSA) is 144 Å². The molecule has 3 rings (SSSR count). The van der Waals surface area contributed by atoms with E-state index >= 15 is 0 Å². The maximum atomic E-state index is 12.3. The molecular formula is C18H21N5O3S. The van der Waals surface area contributed by atoms with Crippen molar-refractivity contribution in [2.24, 2.45) is 11.5 Å². The molecule has 6 N–H and O–H groups in total. The Morgan fingerprint density at radius 2 is 1.93 bits per heavy atom. The summed E-state index contributed by atoms with van der Waals surface area (Å²) in [5.41, 5.74) is 13.7. The van der Waals surface area contributed by atoms with Crippen LogP contribution in [0.15, 0.2) is 47.5 Å². The summed E-state index contributed by atoms with van der Waals surface area (Å²) in [6.07, 6.45) is 2.33. The molecule has 0 aliphatic heterocycles. The molecule has 0 aliphatic carbocycles. The number of hydrogen-bond acceptors (Lipinski definition) is 5. The number of pyridine rings is 1. The lowest BCUT2D eigenvalue weighted by Crippen LogP contribution is -2.26. The van der Waals surface area contributed by atoms with Gasteiger partial charge < -0.3 is 16.5 Å². The monoisotopic (exact) mass is 387 g/mol. The highest BCUT2D eigenvalue weighted by atomic mass is 32.2. The van der Waals surface area contributed by atoms with Crippen LogP contribution in [0.3, 0.4) is 0 Å².